The van der Waals surface area contributed by atoms with E-state index < -0.39 is 10.8 Å². The minimum absolute atomic E-state index is 0.178. The molecule has 3 aliphatic rings. The summed E-state index contributed by atoms with van der Waals surface area (Å²) in [4.78, 5) is 26.8. The van der Waals surface area contributed by atoms with Gasteiger partial charge in [0.15, 0.2) is 17.3 Å². The van der Waals surface area contributed by atoms with Gasteiger partial charge < -0.3 is 14.2 Å². The highest BCUT2D eigenvalue weighted by Gasteiger charge is 2.71. The minimum Gasteiger partial charge on any atom is -0.493 e. The fraction of sp³-hybridized carbons (Fsp3) is 0.625. The topological polar surface area (TPSA) is 61.8 Å². The summed E-state index contributed by atoms with van der Waals surface area (Å²) in [7, 11) is 3.29. The standard InChI is InChI=1S/C32H44O5/c1-19(2)10-9-11-20(3)12-13-22-23-16-26(35-7)27(36-8)17-25(23)32(29(22)33)15-14-21-24(28(21)32)18-37-30(34)31(4,5)6/h10,12,16-17,21-22,24,28H,9,11,13-15,18H2,1-8H3/b20-12+/t21?,22?,24?,28?,32-/m0/s1. The van der Waals surface area contributed by atoms with E-state index in [2.05, 4.69) is 39.0 Å². The monoisotopic (exact) mass is 508 g/mol. The molecule has 1 spiro atoms. The summed E-state index contributed by atoms with van der Waals surface area (Å²) in [6, 6.07) is 4.08. The van der Waals surface area contributed by atoms with Crippen molar-refractivity contribution in [3.63, 3.8) is 0 Å². The van der Waals surface area contributed by atoms with Gasteiger partial charge in [-0.25, -0.2) is 0 Å². The lowest BCUT2D eigenvalue weighted by Crippen LogP contribution is -2.35. The van der Waals surface area contributed by atoms with Crippen molar-refractivity contribution in [2.24, 2.45) is 23.2 Å². The van der Waals surface area contributed by atoms with Gasteiger partial charge in [-0.3, -0.25) is 9.59 Å². The van der Waals surface area contributed by atoms with Crippen LogP contribution >= 0.6 is 0 Å². The van der Waals surface area contributed by atoms with Crippen LogP contribution < -0.4 is 9.47 Å². The maximum Gasteiger partial charge on any atom is 0.311 e. The van der Waals surface area contributed by atoms with Gasteiger partial charge in [-0.05, 0) is 109 Å². The largest absolute Gasteiger partial charge is 0.493 e. The van der Waals surface area contributed by atoms with Gasteiger partial charge in [0.05, 0.1) is 31.7 Å². The second-order valence-corrected chi connectivity index (χ2v) is 12.5. The molecule has 2 fully saturated rings. The van der Waals surface area contributed by atoms with Crippen molar-refractivity contribution >= 4 is 11.8 Å². The number of esters is 1. The zero-order chi connectivity index (χ0) is 27.1. The number of hydrogen-bond donors (Lipinski definition) is 0. The van der Waals surface area contributed by atoms with Crippen LogP contribution in [-0.4, -0.2) is 32.6 Å². The number of Topliss-reactive ketones (excluding diaryl/α,β-unsaturated/α-hetero) is 1. The molecule has 0 aliphatic heterocycles. The fourth-order valence-electron chi connectivity index (χ4n) is 6.75. The number of ether oxygens (including phenoxy) is 3. The molecular weight excluding hydrogens is 464 g/mol. The van der Waals surface area contributed by atoms with E-state index in [1.54, 1.807) is 14.2 Å². The zero-order valence-corrected chi connectivity index (χ0v) is 23.9. The third kappa shape index (κ3) is 4.98. The molecule has 0 N–H and O–H groups in total. The normalized spacial score (nSPS) is 28.1. The summed E-state index contributed by atoms with van der Waals surface area (Å²) in [6.45, 7) is 12.4. The predicted molar refractivity (Wildman–Crippen MR) is 146 cm³/mol. The molecule has 0 amide bonds. The molecule has 1 aromatic carbocycles. The molecule has 4 rings (SSSR count). The molecule has 1 aromatic rings. The van der Waals surface area contributed by atoms with E-state index in [0.717, 1.165) is 36.8 Å². The van der Waals surface area contributed by atoms with Gasteiger partial charge in [0.2, 0.25) is 0 Å². The van der Waals surface area contributed by atoms with Crippen LogP contribution in [0.3, 0.4) is 0 Å². The Morgan fingerprint density at radius 3 is 2.38 bits per heavy atom. The van der Waals surface area contributed by atoms with Crippen molar-refractivity contribution < 1.29 is 23.8 Å². The molecule has 5 heteroatoms. The Labute approximate surface area is 222 Å². The van der Waals surface area contributed by atoms with Gasteiger partial charge in [0, 0.05) is 11.8 Å². The number of hydrogen-bond acceptors (Lipinski definition) is 5. The van der Waals surface area contributed by atoms with Crippen LogP contribution in [0.25, 0.3) is 0 Å². The fourth-order valence-corrected chi connectivity index (χ4v) is 6.75. The Hall–Kier alpha value is -2.56. The molecular formula is C32H44O5. The minimum atomic E-state index is -0.526. The maximum atomic E-state index is 14.4. The number of fused-ring (bicyclic) bond motifs is 4. The first-order valence-electron chi connectivity index (χ1n) is 13.7. The molecule has 0 radical (unpaired) electrons. The second kappa shape index (κ2) is 10.3. The summed E-state index contributed by atoms with van der Waals surface area (Å²) < 4.78 is 17.0. The van der Waals surface area contributed by atoms with Crippen molar-refractivity contribution in [2.75, 3.05) is 20.8 Å². The van der Waals surface area contributed by atoms with Crippen LogP contribution in [0.1, 0.15) is 90.7 Å². The highest BCUT2D eigenvalue weighted by Crippen LogP contribution is 2.71. The van der Waals surface area contributed by atoms with Gasteiger partial charge in [-0.15, -0.1) is 0 Å². The van der Waals surface area contributed by atoms with E-state index >= 15 is 0 Å². The zero-order valence-electron chi connectivity index (χ0n) is 23.9. The molecule has 0 saturated heterocycles. The van der Waals surface area contributed by atoms with Crippen molar-refractivity contribution in [1.29, 1.82) is 0 Å². The summed E-state index contributed by atoms with van der Waals surface area (Å²) in [6.07, 6.45) is 9.08. The smallest absolute Gasteiger partial charge is 0.311 e. The summed E-state index contributed by atoms with van der Waals surface area (Å²) in [5.74, 6) is 2.18. The molecule has 5 nitrogen and oxygen atoms in total. The first-order valence-corrected chi connectivity index (χ1v) is 13.7. The molecule has 5 atom stereocenters. The number of ketones is 1. The Balaban J connectivity index is 1.63. The highest BCUT2D eigenvalue weighted by molar-refractivity contribution is 6.02. The van der Waals surface area contributed by atoms with Gasteiger partial charge in [-0.1, -0.05) is 23.3 Å². The maximum absolute atomic E-state index is 14.4. The molecule has 0 bridgehead atoms. The van der Waals surface area contributed by atoms with Gasteiger partial charge in [0.25, 0.3) is 0 Å². The van der Waals surface area contributed by atoms with Crippen molar-refractivity contribution in [2.45, 2.75) is 85.0 Å². The molecule has 37 heavy (non-hydrogen) atoms. The van der Waals surface area contributed by atoms with Crippen LogP contribution in [-0.2, 0) is 19.7 Å². The Kier molecular flexibility index (Phi) is 7.65. The predicted octanol–water partition coefficient (Wildman–Crippen LogP) is 6.94. The van der Waals surface area contributed by atoms with Crippen LogP contribution in [0, 0.1) is 23.2 Å². The van der Waals surface area contributed by atoms with E-state index in [-0.39, 0.29) is 23.7 Å². The number of carbonyl (C=O) groups excluding carboxylic acids is 2. The van der Waals surface area contributed by atoms with Crippen molar-refractivity contribution in [1.82, 2.24) is 0 Å². The van der Waals surface area contributed by atoms with Crippen LogP contribution in [0.2, 0.25) is 0 Å². The van der Waals surface area contributed by atoms with Crippen LogP contribution in [0.15, 0.2) is 35.4 Å². The molecule has 0 aromatic heterocycles. The quantitative estimate of drug-likeness (QED) is 0.267. The SMILES string of the molecule is COc1cc2c(cc1OC)[C@]1(CCC3C(COC(=O)C(C)(C)C)C31)C(=O)C2C/C=C(\C)CCC=C(C)C. The van der Waals surface area contributed by atoms with Crippen molar-refractivity contribution in [3.8, 4) is 11.5 Å². The van der Waals surface area contributed by atoms with Gasteiger partial charge in [0.1, 0.15) is 0 Å². The van der Waals surface area contributed by atoms with E-state index in [4.69, 9.17) is 14.2 Å². The lowest BCUT2D eigenvalue weighted by atomic mass is 9.74. The summed E-state index contributed by atoms with van der Waals surface area (Å²) in [5, 5.41) is 0. The lowest BCUT2D eigenvalue weighted by Gasteiger charge is -2.28. The number of carbonyl (C=O) groups is 2. The number of allylic oxidation sites excluding steroid dienone is 4. The van der Waals surface area contributed by atoms with Crippen molar-refractivity contribution in [3.05, 3.63) is 46.6 Å². The lowest BCUT2D eigenvalue weighted by molar-refractivity contribution is -0.153. The Bertz CT molecular complexity index is 1120. The molecule has 3 aliphatic carbocycles. The van der Waals surface area contributed by atoms with E-state index in [9.17, 15) is 9.59 Å². The number of rotatable bonds is 9. The number of benzene rings is 1. The summed E-state index contributed by atoms with van der Waals surface area (Å²) >= 11 is 0. The molecule has 0 heterocycles. The number of methoxy groups -OCH3 is 2. The van der Waals surface area contributed by atoms with Crippen LogP contribution in [0.4, 0.5) is 0 Å². The highest BCUT2D eigenvalue weighted by atomic mass is 16.5. The second-order valence-electron chi connectivity index (χ2n) is 12.5. The Morgan fingerprint density at radius 1 is 1.08 bits per heavy atom. The Morgan fingerprint density at radius 2 is 1.76 bits per heavy atom. The molecule has 2 saturated carbocycles. The van der Waals surface area contributed by atoms with E-state index in [0.29, 0.717) is 36.2 Å². The van der Waals surface area contributed by atoms with E-state index in [1.165, 1.54) is 11.1 Å². The summed E-state index contributed by atoms with van der Waals surface area (Å²) in [5.41, 5.74) is 3.78. The van der Waals surface area contributed by atoms with Crippen LogP contribution in [0.5, 0.6) is 11.5 Å². The third-order valence-corrected chi connectivity index (χ3v) is 8.75. The molecule has 202 valence electrons. The van der Waals surface area contributed by atoms with E-state index in [1.807, 2.05) is 26.8 Å². The van der Waals surface area contributed by atoms with Gasteiger partial charge in [-0.2, -0.15) is 0 Å². The van der Waals surface area contributed by atoms with Gasteiger partial charge >= 0.3 is 5.97 Å². The average molecular weight is 509 g/mol. The average Bonchev–Trinajstić information content (AvgIpc) is 3.31. The molecule has 4 unspecified atom stereocenters. The first-order chi connectivity index (χ1) is 17.4. The first kappa shape index (κ1) is 27.5. The third-order valence-electron chi connectivity index (χ3n) is 8.75.